The van der Waals surface area contributed by atoms with Crippen LogP contribution in [0.4, 0.5) is 0 Å². The van der Waals surface area contributed by atoms with Gasteiger partial charge in [-0.3, -0.25) is 0 Å². The summed E-state index contributed by atoms with van der Waals surface area (Å²) in [4.78, 5) is 4.66. The Balaban J connectivity index is 2.09. The largest absolute Gasteiger partial charge is 0.238 e. The molecule has 1 aromatic heterocycles. The molecule has 0 amide bonds. The summed E-state index contributed by atoms with van der Waals surface area (Å²) in [6.07, 6.45) is 0. The molecule has 0 atom stereocenters. The van der Waals surface area contributed by atoms with Crippen molar-refractivity contribution >= 4 is 21.8 Å². The van der Waals surface area contributed by atoms with Crippen molar-refractivity contribution in [3.05, 3.63) is 54.6 Å². The van der Waals surface area contributed by atoms with E-state index in [0.29, 0.717) is 11.0 Å². The van der Waals surface area contributed by atoms with Crippen LogP contribution >= 0.6 is 11.8 Å². The highest BCUT2D eigenvalue weighted by Crippen LogP contribution is 2.25. The summed E-state index contributed by atoms with van der Waals surface area (Å²) in [5.74, 6) is 1.57. The summed E-state index contributed by atoms with van der Waals surface area (Å²) in [5.41, 5.74) is 1.65. The number of nitrogens with zero attached hydrogens (tertiary/aromatic N) is 3. The molecule has 0 fully saturated rings. The highest BCUT2D eigenvalue weighted by atomic mass is 32.2. The number of hydrogen-bond acceptors (Lipinski definition) is 5. The standard InChI is InChI=1S/C16H16N4O2S2/c1-2-23-16-18-15(12-6-4-3-5-7-12)20(19-16)13-8-10-14(11-9-13)24(17,21)22/h3-11H,2H2,1H3,(H2,17,21,22). The molecule has 3 rings (SSSR count). The molecule has 8 heteroatoms. The number of aromatic nitrogens is 3. The molecule has 124 valence electrons. The highest BCUT2D eigenvalue weighted by molar-refractivity contribution is 7.99. The van der Waals surface area contributed by atoms with Gasteiger partial charge >= 0.3 is 0 Å². The lowest BCUT2D eigenvalue weighted by molar-refractivity contribution is 0.598. The maximum absolute atomic E-state index is 11.4. The Hall–Kier alpha value is -2.16. The van der Waals surface area contributed by atoms with Crippen molar-refractivity contribution in [2.45, 2.75) is 17.0 Å². The zero-order valence-corrected chi connectivity index (χ0v) is 14.6. The summed E-state index contributed by atoms with van der Waals surface area (Å²) < 4.78 is 24.5. The van der Waals surface area contributed by atoms with Crippen molar-refractivity contribution in [2.24, 2.45) is 5.14 Å². The Morgan fingerprint density at radius 2 is 1.75 bits per heavy atom. The van der Waals surface area contributed by atoms with E-state index < -0.39 is 10.0 Å². The average molecular weight is 360 g/mol. The monoisotopic (exact) mass is 360 g/mol. The summed E-state index contributed by atoms with van der Waals surface area (Å²) in [5, 5.41) is 10.3. The van der Waals surface area contributed by atoms with Gasteiger partial charge in [0, 0.05) is 5.56 Å². The molecule has 0 aliphatic heterocycles. The zero-order chi connectivity index (χ0) is 17.2. The Morgan fingerprint density at radius 1 is 1.08 bits per heavy atom. The maximum Gasteiger partial charge on any atom is 0.238 e. The molecule has 0 saturated carbocycles. The third-order valence-electron chi connectivity index (χ3n) is 3.30. The lowest BCUT2D eigenvalue weighted by Crippen LogP contribution is -2.12. The van der Waals surface area contributed by atoms with E-state index in [9.17, 15) is 8.42 Å². The molecule has 0 radical (unpaired) electrons. The molecular formula is C16H16N4O2S2. The topological polar surface area (TPSA) is 90.9 Å². The minimum Gasteiger partial charge on any atom is -0.225 e. The van der Waals surface area contributed by atoms with Crippen molar-refractivity contribution in [2.75, 3.05) is 5.75 Å². The smallest absolute Gasteiger partial charge is 0.225 e. The summed E-state index contributed by atoms with van der Waals surface area (Å²) in [7, 11) is -3.72. The predicted octanol–water partition coefficient (Wildman–Crippen LogP) is 2.69. The van der Waals surface area contributed by atoms with Crippen LogP contribution in [0, 0.1) is 0 Å². The maximum atomic E-state index is 11.4. The van der Waals surface area contributed by atoms with E-state index in [0.717, 1.165) is 17.0 Å². The predicted molar refractivity (Wildman–Crippen MR) is 94.6 cm³/mol. The van der Waals surface area contributed by atoms with E-state index in [-0.39, 0.29) is 4.90 Å². The molecule has 1 heterocycles. The number of primary sulfonamides is 1. The van der Waals surface area contributed by atoms with Gasteiger partial charge in [-0.15, -0.1) is 5.10 Å². The number of hydrogen-bond donors (Lipinski definition) is 1. The first-order valence-corrected chi connectivity index (χ1v) is 9.81. The SMILES string of the molecule is CCSc1nc(-c2ccccc2)n(-c2ccc(S(N)(=O)=O)cc2)n1. The summed E-state index contributed by atoms with van der Waals surface area (Å²) >= 11 is 1.55. The third-order valence-corrected chi connectivity index (χ3v) is 4.95. The first kappa shape index (κ1) is 16.7. The van der Waals surface area contributed by atoms with Gasteiger partial charge in [0.15, 0.2) is 5.82 Å². The molecule has 0 aliphatic carbocycles. The molecule has 0 spiro atoms. The van der Waals surface area contributed by atoms with Gasteiger partial charge in [0.1, 0.15) is 0 Å². The van der Waals surface area contributed by atoms with Gasteiger partial charge in [-0.25, -0.2) is 23.2 Å². The summed E-state index contributed by atoms with van der Waals surface area (Å²) in [6, 6.07) is 16.0. The fourth-order valence-electron chi connectivity index (χ4n) is 2.21. The molecule has 3 aromatic rings. The van der Waals surface area contributed by atoms with E-state index in [1.165, 1.54) is 12.1 Å². The number of sulfonamides is 1. The molecule has 2 aromatic carbocycles. The second-order valence-corrected chi connectivity index (χ2v) is 7.76. The van der Waals surface area contributed by atoms with Gasteiger partial charge in [-0.05, 0) is 30.0 Å². The van der Waals surface area contributed by atoms with E-state index >= 15 is 0 Å². The van der Waals surface area contributed by atoms with Crippen molar-refractivity contribution in [3.8, 4) is 17.1 Å². The van der Waals surface area contributed by atoms with Gasteiger partial charge in [-0.2, -0.15) is 0 Å². The molecule has 6 nitrogen and oxygen atoms in total. The van der Waals surface area contributed by atoms with Crippen LogP contribution in [0.1, 0.15) is 6.92 Å². The summed E-state index contributed by atoms with van der Waals surface area (Å²) in [6.45, 7) is 2.04. The Morgan fingerprint density at radius 3 is 2.33 bits per heavy atom. The van der Waals surface area contributed by atoms with E-state index in [1.54, 1.807) is 28.6 Å². The van der Waals surface area contributed by atoms with Gasteiger partial charge in [-0.1, -0.05) is 49.0 Å². The Kier molecular flexibility index (Phi) is 4.70. The minimum atomic E-state index is -3.72. The van der Waals surface area contributed by atoms with Crippen LogP contribution in [-0.4, -0.2) is 28.9 Å². The van der Waals surface area contributed by atoms with Crippen molar-refractivity contribution < 1.29 is 8.42 Å². The van der Waals surface area contributed by atoms with Crippen LogP contribution in [0.25, 0.3) is 17.1 Å². The van der Waals surface area contributed by atoms with Crippen LogP contribution in [0.15, 0.2) is 64.6 Å². The Labute approximate surface area is 144 Å². The van der Waals surface area contributed by atoms with Crippen LogP contribution in [0.3, 0.4) is 0 Å². The lowest BCUT2D eigenvalue weighted by Gasteiger charge is -2.06. The van der Waals surface area contributed by atoms with E-state index in [2.05, 4.69) is 10.1 Å². The molecule has 0 aliphatic rings. The van der Waals surface area contributed by atoms with Gasteiger partial charge < -0.3 is 0 Å². The second kappa shape index (κ2) is 6.76. The van der Waals surface area contributed by atoms with Crippen molar-refractivity contribution in [1.82, 2.24) is 14.8 Å². The van der Waals surface area contributed by atoms with E-state index in [1.807, 2.05) is 37.3 Å². The molecular weight excluding hydrogens is 344 g/mol. The normalized spacial score (nSPS) is 11.6. The van der Waals surface area contributed by atoms with Crippen molar-refractivity contribution in [1.29, 1.82) is 0 Å². The fourth-order valence-corrected chi connectivity index (χ4v) is 3.28. The van der Waals surface area contributed by atoms with E-state index in [4.69, 9.17) is 5.14 Å². The van der Waals surface area contributed by atoms with Gasteiger partial charge in [0.05, 0.1) is 10.6 Å². The number of rotatable bonds is 5. The number of thioether (sulfide) groups is 1. The molecule has 0 unspecified atom stereocenters. The second-order valence-electron chi connectivity index (χ2n) is 4.97. The van der Waals surface area contributed by atoms with Gasteiger partial charge in [0.25, 0.3) is 0 Å². The molecule has 24 heavy (non-hydrogen) atoms. The van der Waals surface area contributed by atoms with Crippen LogP contribution < -0.4 is 5.14 Å². The highest BCUT2D eigenvalue weighted by Gasteiger charge is 2.14. The van der Waals surface area contributed by atoms with Crippen LogP contribution in [0.2, 0.25) is 0 Å². The van der Waals surface area contributed by atoms with Gasteiger partial charge in [0.2, 0.25) is 15.2 Å². The first-order valence-electron chi connectivity index (χ1n) is 7.27. The van der Waals surface area contributed by atoms with Crippen LogP contribution in [0.5, 0.6) is 0 Å². The molecule has 0 bridgehead atoms. The van der Waals surface area contributed by atoms with Crippen LogP contribution in [-0.2, 0) is 10.0 Å². The molecule has 0 saturated heterocycles. The average Bonchev–Trinajstić information content (AvgIpc) is 2.99. The lowest BCUT2D eigenvalue weighted by atomic mass is 10.2. The first-order chi connectivity index (χ1) is 11.5. The minimum absolute atomic E-state index is 0.0655. The van der Waals surface area contributed by atoms with Crippen molar-refractivity contribution in [3.63, 3.8) is 0 Å². The zero-order valence-electron chi connectivity index (χ0n) is 13.0. The fraction of sp³-hybridized carbons (Fsp3) is 0.125. The number of nitrogens with two attached hydrogens (primary N) is 1. The third kappa shape index (κ3) is 3.50. The number of benzene rings is 2. The quantitative estimate of drug-likeness (QED) is 0.707. The Bertz CT molecular complexity index is 936. The molecule has 2 N–H and O–H groups in total.